The molecule has 0 aromatic heterocycles. The molecule has 2 radical (unpaired) electrons. The Morgan fingerprint density at radius 3 is 1.50 bits per heavy atom. The summed E-state index contributed by atoms with van der Waals surface area (Å²) < 4.78 is 0. The second kappa shape index (κ2) is 9.21. The Hall–Kier alpha value is 0.726. The molecule has 0 unspecified atom stereocenters. The van der Waals surface area contributed by atoms with Gasteiger partial charge in [-0.25, -0.2) is 0 Å². The van der Waals surface area contributed by atoms with Crippen molar-refractivity contribution in [1.82, 2.24) is 5.32 Å². The molecule has 0 bridgehead atoms. The van der Waals surface area contributed by atoms with Crippen LogP contribution in [-0.4, -0.2) is 36.1 Å². The normalized spacial score (nSPS) is 7.00. The van der Waals surface area contributed by atoms with Crippen molar-refractivity contribution in [2.24, 2.45) is 0 Å². The number of hydrogen-bond acceptors (Lipinski definition) is 1. The van der Waals surface area contributed by atoms with Crippen molar-refractivity contribution in [1.29, 1.82) is 0 Å². The van der Waals surface area contributed by atoms with Gasteiger partial charge in [0.1, 0.15) is 0 Å². The van der Waals surface area contributed by atoms with Crippen molar-refractivity contribution in [3.63, 3.8) is 0 Å². The van der Waals surface area contributed by atoms with Crippen LogP contribution in [0, 0.1) is 0 Å². The van der Waals surface area contributed by atoms with E-state index in [1.54, 1.807) is 0 Å². The first-order chi connectivity index (χ1) is 2.41. The van der Waals surface area contributed by atoms with Crippen LogP contribution < -0.4 is 5.32 Å². The van der Waals surface area contributed by atoms with Gasteiger partial charge in [0.05, 0.1) is 0 Å². The Balaban J connectivity index is 0. The van der Waals surface area contributed by atoms with Crippen molar-refractivity contribution < 1.29 is 0 Å². The average molecular weight is 97.4 g/mol. The van der Waals surface area contributed by atoms with Crippen LogP contribution in [0.25, 0.3) is 0 Å². The second-order valence-corrected chi connectivity index (χ2v) is 0.957. The Morgan fingerprint density at radius 1 is 1.17 bits per heavy atom. The van der Waals surface area contributed by atoms with E-state index in [1.807, 2.05) is 0 Å². The standard InChI is InChI=1S/C4H11N.Mg/c1-3-5-4-2;/h5H,3-4H2,1-2H3;. The summed E-state index contributed by atoms with van der Waals surface area (Å²) >= 11 is 0. The average Bonchev–Trinajstić information content (AvgIpc) is 1.41. The molecule has 0 heterocycles. The van der Waals surface area contributed by atoms with Gasteiger partial charge in [-0.1, -0.05) is 13.8 Å². The predicted molar refractivity (Wildman–Crippen MR) is 30.0 cm³/mol. The second-order valence-electron chi connectivity index (χ2n) is 0.957. The summed E-state index contributed by atoms with van der Waals surface area (Å²) in [6, 6.07) is 0. The van der Waals surface area contributed by atoms with E-state index in [-0.39, 0.29) is 23.1 Å². The third kappa shape index (κ3) is 8.83. The minimum absolute atomic E-state index is 0. The summed E-state index contributed by atoms with van der Waals surface area (Å²) in [5.74, 6) is 0. The van der Waals surface area contributed by atoms with Crippen LogP contribution in [-0.2, 0) is 0 Å². The lowest BCUT2D eigenvalue weighted by molar-refractivity contribution is 0.762. The fraction of sp³-hybridized carbons (Fsp3) is 1.00. The summed E-state index contributed by atoms with van der Waals surface area (Å²) in [4.78, 5) is 0. The molecule has 0 saturated carbocycles. The smallest absolute Gasteiger partial charge is 0 e. The molecule has 1 N–H and O–H groups in total. The molecule has 0 aliphatic rings. The van der Waals surface area contributed by atoms with Crippen LogP contribution in [0.1, 0.15) is 13.8 Å². The topological polar surface area (TPSA) is 12.0 Å². The molecule has 0 rings (SSSR count). The molecule has 0 aliphatic carbocycles. The third-order valence-corrected chi connectivity index (χ3v) is 0.500. The Kier molecular flexibility index (Phi) is 15.2. The predicted octanol–water partition coefficient (Wildman–Crippen LogP) is 0.235. The van der Waals surface area contributed by atoms with Gasteiger partial charge < -0.3 is 5.32 Å². The summed E-state index contributed by atoms with van der Waals surface area (Å²) in [6.07, 6.45) is 0. The van der Waals surface area contributed by atoms with Crippen molar-refractivity contribution >= 4 is 23.1 Å². The van der Waals surface area contributed by atoms with Gasteiger partial charge in [-0.2, -0.15) is 0 Å². The van der Waals surface area contributed by atoms with Crippen LogP contribution in [0.4, 0.5) is 0 Å². The largest absolute Gasteiger partial charge is 0.317 e. The van der Waals surface area contributed by atoms with E-state index in [4.69, 9.17) is 0 Å². The summed E-state index contributed by atoms with van der Waals surface area (Å²) in [7, 11) is 0. The molecule has 0 spiro atoms. The molecule has 0 saturated heterocycles. The van der Waals surface area contributed by atoms with Crippen LogP contribution in [0.5, 0.6) is 0 Å². The number of hydrogen-bond donors (Lipinski definition) is 1. The molecule has 0 aromatic rings. The lowest BCUT2D eigenvalue weighted by Gasteiger charge is -1.86. The molecule has 6 heavy (non-hydrogen) atoms. The van der Waals surface area contributed by atoms with E-state index in [0.29, 0.717) is 0 Å². The summed E-state index contributed by atoms with van der Waals surface area (Å²) in [5.41, 5.74) is 0. The Bertz CT molecular complexity index is 15.0. The SMILES string of the molecule is CCNCC.[Mg]. The van der Waals surface area contributed by atoms with Gasteiger partial charge in [0.25, 0.3) is 0 Å². The quantitative estimate of drug-likeness (QED) is 0.487. The fourth-order valence-corrected chi connectivity index (χ4v) is 0.250. The zero-order chi connectivity index (χ0) is 4.12. The highest BCUT2D eigenvalue weighted by Crippen LogP contribution is 1.47. The Labute approximate surface area is 55.7 Å². The van der Waals surface area contributed by atoms with Gasteiger partial charge in [-0.05, 0) is 13.1 Å². The van der Waals surface area contributed by atoms with Crippen LogP contribution in [0.15, 0.2) is 0 Å². The van der Waals surface area contributed by atoms with Crippen molar-refractivity contribution in [2.75, 3.05) is 13.1 Å². The molecule has 0 atom stereocenters. The molecule has 34 valence electrons. The molecule has 0 aromatic carbocycles. The van der Waals surface area contributed by atoms with Gasteiger partial charge in [0.2, 0.25) is 0 Å². The zero-order valence-electron chi connectivity index (χ0n) is 4.62. The maximum absolute atomic E-state index is 3.11. The lowest BCUT2D eigenvalue weighted by Crippen LogP contribution is -2.09. The first-order valence-electron chi connectivity index (χ1n) is 2.12. The van der Waals surface area contributed by atoms with E-state index < -0.39 is 0 Å². The van der Waals surface area contributed by atoms with E-state index in [9.17, 15) is 0 Å². The van der Waals surface area contributed by atoms with E-state index in [0.717, 1.165) is 13.1 Å². The monoisotopic (exact) mass is 97.1 g/mol. The summed E-state index contributed by atoms with van der Waals surface area (Å²) in [5, 5.41) is 3.11. The van der Waals surface area contributed by atoms with Gasteiger partial charge in [-0.3, -0.25) is 0 Å². The number of rotatable bonds is 2. The summed E-state index contributed by atoms with van der Waals surface area (Å²) in [6.45, 7) is 6.39. The zero-order valence-corrected chi connectivity index (χ0v) is 6.04. The highest BCUT2D eigenvalue weighted by atomic mass is 24.3. The van der Waals surface area contributed by atoms with E-state index in [1.165, 1.54) is 0 Å². The maximum atomic E-state index is 3.11. The maximum Gasteiger partial charge on any atom is 0 e. The third-order valence-electron chi connectivity index (χ3n) is 0.500. The van der Waals surface area contributed by atoms with Crippen LogP contribution in [0.2, 0.25) is 0 Å². The first-order valence-corrected chi connectivity index (χ1v) is 2.12. The van der Waals surface area contributed by atoms with Crippen LogP contribution in [0.3, 0.4) is 0 Å². The Morgan fingerprint density at radius 2 is 1.50 bits per heavy atom. The molecular formula is C4H11MgN. The lowest BCUT2D eigenvalue weighted by atomic mass is 10.7. The van der Waals surface area contributed by atoms with Crippen molar-refractivity contribution in [2.45, 2.75) is 13.8 Å². The highest BCUT2D eigenvalue weighted by Gasteiger charge is 1.62. The molecule has 2 heteroatoms. The molecule has 0 fully saturated rings. The molecule has 0 amide bonds. The first kappa shape index (κ1) is 9.87. The highest BCUT2D eigenvalue weighted by molar-refractivity contribution is 5.75. The van der Waals surface area contributed by atoms with Gasteiger partial charge in [0.15, 0.2) is 0 Å². The van der Waals surface area contributed by atoms with Crippen molar-refractivity contribution in [3.05, 3.63) is 0 Å². The fourth-order valence-electron chi connectivity index (χ4n) is 0.250. The van der Waals surface area contributed by atoms with Crippen molar-refractivity contribution in [3.8, 4) is 0 Å². The minimum Gasteiger partial charge on any atom is -0.317 e. The minimum atomic E-state index is 0. The van der Waals surface area contributed by atoms with E-state index in [2.05, 4.69) is 19.2 Å². The molecule has 0 aliphatic heterocycles. The molecule has 1 nitrogen and oxygen atoms in total. The van der Waals surface area contributed by atoms with Gasteiger partial charge >= 0.3 is 0 Å². The van der Waals surface area contributed by atoms with Gasteiger partial charge in [0, 0.05) is 23.1 Å². The van der Waals surface area contributed by atoms with Gasteiger partial charge in [-0.15, -0.1) is 0 Å². The van der Waals surface area contributed by atoms with E-state index >= 15 is 0 Å². The number of nitrogens with one attached hydrogen (secondary N) is 1. The van der Waals surface area contributed by atoms with Crippen LogP contribution >= 0.6 is 0 Å². The molecular weight excluding hydrogens is 86.4 g/mol.